The Morgan fingerprint density at radius 3 is 2.53 bits per heavy atom. The number of fused-ring (bicyclic) bond motifs is 1. The van der Waals surface area contributed by atoms with E-state index in [0.29, 0.717) is 11.3 Å². The second-order valence-electron chi connectivity index (χ2n) is 4.16. The van der Waals surface area contributed by atoms with Gasteiger partial charge in [0.25, 0.3) is 5.79 Å². The van der Waals surface area contributed by atoms with Gasteiger partial charge in [-0.25, -0.2) is 4.79 Å². The van der Waals surface area contributed by atoms with E-state index in [1.54, 1.807) is 25.1 Å². The first-order valence-electron chi connectivity index (χ1n) is 5.04. The van der Waals surface area contributed by atoms with Gasteiger partial charge in [0, 0.05) is 12.8 Å². The SMILES string of the molecule is CC(C)C1(C)OC(=O)c2ccccc2O1. The maximum atomic E-state index is 11.7. The average molecular weight is 206 g/mol. The molecule has 80 valence electrons. The van der Waals surface area contributed by atoms with Crippen molar-refractivity contribution in [3.8, 4) is 5.75 Å². The third-order valence-corrected chi connectivity index (χ3v) is 2.76. The Bertz CT molecular complexity index is 398. The molecule has 0 saturated carbocycles. The number of hydrogen-bond donors (Lipinski definition) is 0. The van der Waals surface area contributed by atoms with Crippen molar-refractivity contribution in [1.82, 2.24) is 0 Å². The Balaban J connectivity index is 2.42. The molecule has 0 spiro atoms. The summed E-state index contributed by atoms with van der Waals surface area (Å²) >= 11 is 0. The van der Waals surface area contributed by atoms with Crippen molar-refractivity contribution >= 4 is 5.97 Å². The highest BCUT2D eigenvalue weighted by atomic mass is 16.7. The maximum Gasteiger partial charge on any atom is 0.345 e. The fraction of sp³-hybridized carbons (Fsp3) is 0.417. The highest BCUT2D eigenvalue weighted by Crippen LogP contribution is 2.34. The van der Waals surface area contributed by atoms with Crippen molar-refractivity contribution in [1.29, 1.82) is 0 Å². The van der Waals surface area contributed by atoms with Crippen LogP contribution in [0.1, 0.15) is 31.1 Å². The summed E-state index contributed by atoms with van der Waals surface area (Å²) < 4.78 is 11.0. The number of carbonyl (C=O) groups is 1. The lowest BCUT2D eigenvalue weighted by Crippen LogP contribution is -2.46. The molecule has 3 nitrogen and oxygen atoms in total. The number of para-hydroxylation sites is 1. The summed E-state index contributed by atoms with van der Waals surface area (Å²) in [7, 11) is 0. The van der Waals surface area contributed by atoms with Crippen LogP contribution in [0.15, 0.2) is 24.3 Å². The molecule has 0 saturated heterocycles. The van der Waals surface area contributed by atoms with Crippen LogP contribution in [0.4, 0.5) is 0 Å². The van der Waals surface area contributed by atoms with Crippen LogP contribution in [0.25, 0.3) is 0 Å². The monoisotopic (exact) mass is 206 g/mol. The van der Waals surface area contributed by atoms with Gasteiger partial charge in [0.15, 0.2) is 0 Å². The number of benzene rings is 1. The van der Waals surface area contributed by atoms with E-state index in [9.17, 15) is 4.79 Å². The average Bonchev–Trinajstić information content (AvgIpc) is 2.17. The van der Waals surface area contributed by atoms with E-state index in [1.807, 2.05) is 19.9 Å². The van der Waals surface area contributed by atoms with Crippen LogP contribution in [0.5, 0.6) is 5.75 Å². The molecule has 1 aromatic carbocycles. The van der Waals surface area contributed by atoms with Gasteiger partial charge in [-0.2, -0.15) is 0 Å². The zero-order chi connectivity index (χ0) is 11.1. The van der Waals surface area contributed by atoms with Crippen LogP contribution in [-0.2, 0) is 4.74 Å². The number of carbonyl (C=O) groups excluding carboxylic acids is 1. The fourth-order valence-corrected chi connectivity index (χ4v) is 1.44. The first-order valence-corrected chi connectivity index (χ1v) is 5.04. The number of cyclic esters (lactones) is 1. The molecule has 0 amide bonds. The van der Waals surface area contributed by atoms with Gasteiger partial charge in [0.05, 0.1) is 0 Å². The van der Waals surface area contributed by atoms with Gasteiger partial charge < -0.3 is 9.47 Å². The molecule has 0 N–H and O–H groups in total. The molecule has 1 aromatic rings. The largest absolute Gasteiger partial charge is 0.451 e. The molecule has 0 radical (unpaired) electrons. The van der Waals surface area contributed by atoms with Gasteiger partial charge in [-0.3, -0.25) is 0 Å². The highest BCUT2D eigenvalue weighted by molar-refractivity contribution is 5.93. The van der Waals surface area contributed by atoms with Crippen LogP contribution >= 0.6 is 0 Å². The van der Waals surface area contributed by atoms with Gasteiger partial charge in [0.2, 0.25) is 0 Å². The van der Waals surface area contributed by atoms with Crippen molar-refractivity contribution in [2.75, 3.05) is 0 Å². The molecule has 1 aliphatic rings. The second kappa shape index (κ2) is 3.26. The molecule has 15 heavy (non-hydrogen) atoms. The molecule has 3 heteroatoms. The zero-order valence-electron chi connectivity index (χ0n) is 9.11. The summed E-state index contributed by atoms with van der Waals surface area (Å²) in [5, 5.41) is 0. The third kappa shape index (κ3) is 1.58. The summed E-state index contributed by atoms with van der Waals surface area (Å²) in [6.07, 6.45) is 0. The first kappa shape index (κ1) is 10.0. The predicted octanol–water partition coefficient (Wildman–Crippen LogP) is 2.61. The summed E-state index contributed by atoms with van der Waals surface area (Å²) in [4.78, 5) is 11.7. The van der Waals surface area contributed by atoms with Crippen molar-refractivity contribution in [3.63, 3.8) is 0 Å². The normalized spacial score (nSPS) is 24.4. The molecule has 2 rings (SSSR count). The van der Waals surface area contributed by atoms with E-state index in [2.05, 4.69) is 0 Å². The number of ether oxygens (including phenoxy) is 2. The summed E-state index contributed by atoms with van der Waals surface area (Å²) in [6.45, 7) is 5.70. The molecular weight excluding hydrogens is 192 g/mol. The minimum atomic E-state index is -0.856. The van der Waals surface area contributed by atoms with E-state index in [-0.39, 0.29) is 11.9 Å². The lowest BCUT2D eigenvalue weighted by Gasteiger charge is -2.37. The van der Waals surface area contributed by atoms with Gasteiger partial charge in [-0.05, 0) is 12.1 Å². The molecule has 1 heterocycles. The van der Waals surface area contributed by atoms with Gasteiger partial charge in [-0.15, -0.1) is 0 Å². The minimum Gasteiger partial charge on any atom is -0.451 e. The van der Waals surface area contributed by atoms with E-state index >= 15 is 0 Å². The van der Waals surface area contributed by atoms with Crippen molar-refractivity contribution < 1.29 is 14.3 Å². The lowest BCUT2D eigenvalue weighted by molar-refractivity contribution is -0.169. The number of hydrogen-bond acceptors (Lipinski definition) is 3. The van der Waals surface area contributed by atoms with Crippen molar-refractivity contribution in [2.45, 2.75) is 26.6 Å². The molecule has 0 aromatic heterocycles. The number of esters is 1. The Morgan fingerprint density at radius 1 is 1.20 bits per heavy atom. The van der Waals surface area contributed by atoms with E-state index in [1.165, 1.54) is 0 Å². The van der Waals surface area contributed by atoms with E-state index in [4.69, 9.17) is 9.47 Å². The molecular formula is C12H14O3. The van der Waals surface area contributed by atoms with Crippen LogP contribution < -0.4 is 4.74 Å². The summed E-state index contributed by atoms with van der Waals surface area (Å²) in [6, 6.07) is 7.13. The highest BCUT2D eigenvalue weighted by Gasteiger charge is 2.40. The standard InChI is InChI=1S/C12H14O3/c1-8(2)12(3)14-10-7-5-4-6-9(10)11(13)15-12/h4-8H,1-3H3. The Hall–Kier alpha value is -1.51. The Morgan fingerprint density at radius 2 is 1.87 bits per heavy atom. The zero-order valence-corrected chi connectivity index (χ0v) is 9.11. The maximum absolute atomic E-state index is 11.7. The molecule has 0 fully saturated rings. The quantitative estimate of drug-likeness (QED) is 0.662. The van der Waals surface area contributed by atoms with Gasteiger partial charge in [-0.1, -0.05) is 26.0 Å². The fourth-order valence-electron chi connectivity index (χ4n) is 1.44. The van der Waals surface area contributed by atoms with Crippen molar-refractivity contribution in [3.05, 3.63) is 29.8 Å². The number of rotatable bonds is 1. The molecule has 1 unspecified atom stereocenters. The lowest BCUT2D eigenvalue weighted by atomic mass is 10.0. The molecule has 0 bridgehead atoms. The first-order chi connectivity index (χ1) is 7.03. The van der Waals surface area contributed by atoms with Gasteiger partial charge in [0.1, 0.15) is 11.3 Å². The van der Waals surface area contributed by atoms with E-state index in [0.717, 1.165) is 0 Å². The van der Waals surface area contributed by atoms with E-state index < -0.39 is 5.79 Å². The van der Waals surface area contributed by atoms with Crippen LogP contribution in [0.3, 0.4) is 0 Å². The molecule has 0 aliphatic carbocycles. The Labute approximate surface area is 89.0 Å². The molecule has 1 atom stereocenters. The predicted molar refractivity (Wildman–Crippen MR) is 55.7 cm³/mol. The smallest absolute Gasteiger partial charge is 0.345 e. The second-order valence-corrected chi connectivity index (χ2v) is 4.16. The van der Waals surface area contributed by atoms with Crippen molar-refractivity contribution in [2.24, 2.45) is 5.92 Å². The van der Waals surface area contributed by atoms with Crippen LogP contribution in [0.2, 0.25) is 0 Å². The van der Waals surface area contributed by atoms with Gasteiger partial charge >= 0.3 is 5.97 Å². The molecule has 1 aliphatic heterocycles. The Kier molecular flexibility index (Phi) is 2.18. The summed E-state index contributed by atoms with van der Waals surface area (Å²) in [5.41, 5.74) is 0.496. The summed E-state index contributed by atoms with van der Waals surface area (Å²) in [5.74, 6) is -0.460. The third-order valence-electron chi connectivity index (χ3n) is 2.76. The topological polar surface area (TPSA) is 35.5 Å². The van der Waals surface area contributed by atoms with Crippen LogP contribution in [-0.4, -0.2) is 11.8 Å². The van der Waals surface area contributed by atoms with Crippen LogP contribution in [0, 0.1) is 5.92 Å². The minimum absolute atomic E-state index is 0.106.